The number of hydrogen-bond donors (Lipinski definition) is 1. The molecule has 0 aliphatic rings. The fourth-order valence-electron chi connectivity index (χ4n) is 2.36. The van der Waals surface area contributed by atoms with Gasteiger partial charge in [-0.1, -0.05) is 11.6 Å². The number of pyridine rings is 1. The van der Waals surface area contributed by atoms with E-state index in [0.717, 1.165) is 18.2 Å². The predicted octanol–water partition coefficient (Wildman–Crippen LogP) is 5.66. The summed E-state index contributed by atoms with van der Waals surface area (Å²) in [5.74, 6) is -0.575. The minimum absolute atomic E-state index is 0.0101. The van der Waals surface area contributed by atoms with Crippen LogP contribution in [0.25, 0.3) is 10.9 Å². The third-order valence-electron chi connectivity index (χ3n) is 3.44. The van der Waals surface area contributed by atoms with E-state index >= 15 is 0 Å². The SMILES string of the molecule is N#Cc1cc(Nc2ccc(Cl)cc2C(F)(F)F)c2cc(F)ccc2n1. The molecule has 0 atom stereocenters. The molecule has 0 aliphatic heterocycles. The summed E-state index contributed by atoms with van der Waals surface area (Å²) in [7, 11) is 0. The van der Waals surface area contributed by atoms with Crippen LogP contribution < -0.4 is 5.32 Å². The molecule has 0 unspecified atom stereocenters. The first-order valence-electron chi connectivity index (χ1n) is 6.92. The van der Waals surface area contributed by atoms with Gasteiger partial charge in [0.15, 0.2) is 0 Å². The van der Waals surface area contributed by atoms with Gasteiger partial charge in [-0.2, -0.15) is 18.4 Å². The molecule has 126 valence electrons. The first kappa shape index (κ1) is 17.0. The van der Waals surface area contributed by atoms with Gasteiger partial charge in [0.25, 0.3) is 0 Å². The Morgan fingerprint density at radius 3 is 2.48 bits per heavy atom. The van der Waals surface area contributed by atoms with E-state index in [4.69, 9.17) is 16.9 Å². The first-order chi connectivity index (χ1) is 11.8. The van der Waals surface area contributed by atoms with Crippen molar-refractivity contribution in [2.75, 3.05) is 5.32 Å². The number of alkyl halides is 3. The standard InChI is InChI=1S/C17H8ClF4N3/c18-9-1-3-15(13(5-9)17(20,21)22)25-16-7-11(8-23)24-14-4-2-10(19)6-12(14)16/h1-7H,(H,24,25). The Morgan fingerprint density at radius 2 is 1.80 bits per heavy atom. The Hall–Kier alpha value is -2.85. The fraction of sp³-hybridized carbons (Fsp3) is 0.0588. The summed E-state index contributed by atoms with van der Waals surface area (Å²) in [4.78, 5) is 4.01. The molecule has 3 aromatic rings. The minimum atomic E-state index is -4.64. The van der Waals surface area contributed by atoms with Gasteiger partial charge in [0.05, 0.1) is 22.5 Å². The highest BCUT2D eigenvalue weighted by atomic mass is 35.5. The normalized spacial score (nSPS) is 11.4. The molecule has 0 fully saturated rings. The van der Waals surface area contributed by atoms with E-state index in [2.05, 4.69) is 10.3 Å². The van der Waals surface area contributed by atoms with Crippen molar-refractivity contribution in [2.45, 2.75) is 6.18 Å². The summed E-state index contributed by atoms with van der Waals surface area (Å²) in [6.45, 7) is 0. The van der Waals surface area contributed by atoms with Gasteiger partial charge in [-0.15, -0.1) is 0 Å². The number of aromatic nitrogens is 1. The van der Waals surface area contributed by atoms with Crippen LogP contribution >= 0.6 is 11.6 Å². The van der Waals surface area contributed by atoms with Crippen molar-refractivity contribution in [2.24, 2.45) is 0 Å². The smallest absolute Gasteiger partial charge is 0.354 e. The molecule has 0 radical (unpaired) electrons. The maximum absolute atomic E-state index is 13.5. The molecular formula is C17H8ClF4N3. The molecule has 3 rings (SSSR count). The van der Waals surface area contributed by atoms with Crippen LogP contribution in [-0.4, -0.2) is 4.98 Å². The highest BCUT2D eigenvalue weighted by Crippen LogP contribution is 2.38. The molecule has 0 bridgehead atoms. The Morgan fingerprint density at radius 1 is 1.04 bits per heavy atom. The van der Waals surface area contributed by atoms with E-state index in [0.29, 0.717) is 0 Å². The lowest BCUT2D eigenvalue weighted by atomic mass is 10.1. The lowest BCUT2D eigenvalue weighted by Gasteiger charge is -2.16. The molecule has 3 nitrogen and oxygen atoms in total. The monoisotopic (exact) mass is 365 g/mol. The minimum Gasteiger partial charge on any atom is -0.354 e. The van der Waals surface area contributed by atoms with E-state index in [1.807, 2.05) is 6.07 Å². The van der Waals surface area contributed by atoms with E-state index in [1.54, 1.807) is 0 Å². The maximum Gasteiger partial charge on any atom is 0.418 e. The Labute approximate surface area is 144 Å². The predicted molar refractivity (Wildman–Crippen MR) is 86.2 cm³/mol. The molecular weight excluding hydrogens is 358 g/mol. The molecule has 2 aromatic carbocycles. The largest absolute Gasteiger partial charge is 0.418 e. The highest BCUT2D eigenvalue weighted by Gasteiger charge is 2.34. The molecule has 0 saturated heterocycles. The van der Waals surface area contributed by atoms with Crippen molar-refractivity contribution >= 4 is 33.9 Å². The fourth-order valence-corrected chi connectivity index (χ4v) is 2.54. The summed E-state index contributed by atoms with van der Waals surface area (Å²) in [5.41, 5.74) is -0.833. The lowest BCUT2D eigenvalue weighted by molar-refractivity contribution is -0.136. The zero-order valence-electron chi connectivity index (χ0n) is 12.3. The number of nitriles is 1. The van der Waals surface area contributed by atoms with Gasteiger partial charge >= 0.3 is 6.18 Å². The van der Waals surface area contributed by atoms with Gasteiger partial charge in [0.2, 0.25) is 0 Å². The van der Waals surface area contributed by atoms with E-state index in [-0.39, 0.29) is 33.0 Å². The number of nitrogens with one attached hydrogen (secondary N) is 1. The van der Waals surface area contributed by atoms with Crippen LogP contribution in [-0.2, 0) is 6.18 Å². The second kappa shape index (κ2) is 6.22. The summed E-state index contributed by atoms with van der Waals surface area (Å²) in [5, 5.41) is 11.8. The Kier molecular flexibility index (Phi) is 4.23. The second-order valence-corrected chi connectivity index (χ2v) is 5.58. The highest BCUT2D eigenvalue weighted by molar-refractivity contribution is 6.30. The quantitative estimate of drug-likeness (QED) is 0.596. The number of benzene rings is 2. The van der Waals surface area contributed by atoms with E-state index in [9.17, 15) is 17.6 Å². The average Bonchev–Trinajstić information content (AvgIpc) is 2.55. The summed E-state index contributed by atoms with van der Waals surface area (Å²) >= 11 is 5.66. The molecule has 8 heteroatoms. The van der Waals surface area contributed by atoms with Gasteiger partial charge in [-0.05, 0) is 42.5 Å². The van der Waals surface area contributed by atoms with Crippen LogP contribution in [0.2, 0.25) is 5.02 Å². The third-order valence-corrected chi connectivity index (χ3v) is 3.68. The maximum atomic E-state index is 13.5. The molecule has 0 spiro atoms. The zero-order chi connectivity index (χ0) is 18.2. The van der Waals surface area contributed by atoms with E-state index in [1.165, 1.54) is 24.3 Å². The van der Waals surface area contributed by atoms with Gasteiger partial charge in [0, 0.05) is 10.4 Å². The molecule has 0 aliphatic carbocycles. The van der Waals surface area contributed by atoms with Crippen molar-refractivity contribution in [1.82, 2.24) is 4.98 Å². The molecule has 0 amide bonds. The third kappa shape index (κ3) is 3.49. The lowest BCUT2D eigenvalue weighted by Crippen LogP contribution is -2.09. The summed E-state index contributed by atoms with van der Waals surface area (Å²) in [6, 6.07) is 9.99. The van der Waals surface area contributed by atoms with Crippen LogP contribution in [0.15, 0.2) is 42.5 Å². The van der Waals surface area contributed by atoms with Crippen LogP contribution in [0.1, 0.15) is 11.3 Å². The van der Waals surface area contributed by atoms with Gasteiger partial charge in [-0.25, -0.2) is 9.37 Å². The van der Waals surface area contributed by atoms with Crippen molar-refractivity contribution < 1.29 is 17.6 Å². The second-order valence-electron chi connectivity index (χ2n) is 5.14. The molecule has 1 heterocycles. The average molecular weight is 366 g/mol. The molecule has 1 aromatic heterocycles. The van der Waals surface area contributed by atoms with Crippen LogP contribution in [0, 0.1) is 17.1 Å². The summed E-state index contributed by atoms with van der Waals surface area (Å²) < 4.78 is 53.2. The van der Waals surface area contributed by atoms with Gasteiger partial charge in [-0.3, -0.25) is 0 Å². The topological polar surface area (TPSA) is 48.7 Å². The molecule has 25 heavy (non-hydrogen) atoms. The Balaban J connectivity index is 2.19. The number of anilines is 2. The van der Waals surface area contributed by atoms with Crippen molar-refractivity contribution in [3.63, 3.8) is 0 Å². The van der Waals surface area contributed by atoms with Crippen molar-refractivity contribution in [3.8, 4) is 6.07 Å². The molecule has 0 saturated carbocycles. The zero-order valence-corrected chi connectivity index (χ0v) is 13.1. The Bertz CT molecular complexity index is 1010. The van der Waals surface area contributed by atoms with Crippen molar-refractivity contribution in [3.05, 3.63) is 64.6 Å². The number of nitrogens with zero attached hydrogens (tertiary/aromatic N) is 2. The first-order valence-corrected chi connectivity index (χ1v) is 7.30. The number of rotatable bonds is 2. The van der Waals surface area contributed by atoms with Gasteiger partial charge < -0.3 is 5.32 Å². The number of hydrogen-bond acceptors (Lipinski definition) is 3. The van der Waals surface area contributed by atoms with Crippen molar-refractivity contribution in [1.29, 1.82) is 5.26 Å². The van der Waals surface area contributed by atoms with Crippen LogP contribution in [0.3, 0.4) is 0 Å². The van der Waals surface area contributed by atoms with E-state index < -0.39 is 17.6 Å². The van der Waals surface area contributed by atoms with Gasteiger partial charge in [0.1, 0.15) is 17.6 Å². The van der Waals surface area contributed by atoms with Crippen LogP contribution in [0.5, 0.6) is 0 Å². The van der Waals surface area contributed by atoms with Crippen LogP contribution in [0.4, 0.5) is 28.9 Å². The number of fused-ring (bicyclic) bond motifs is 1. The molecule has 1 N–H and O–H groups in total. The summed E-state index contributed by atoms with van der Waals surface area (Å²) in [6.07, 6.45) is -4.64. The number of halogens is 5.